The molecule has 0 heterocycles. The molecule has 0 saturated heterocycles. The molecule has 0 spiro atoms. The van der Waals surface area contributed by atoms with Crippen LogP contribution in [0.3, 0.4) is 0 Å². The van der Waals surface area contributed by atoms with Gasteiger partial charge in [-0.05, 0) is 30.5 Å². The minimum atomic E-state index is 0.819. The van der Waals surface area contributed by atoms with Crippen molar-refractivity contribution in [2.45, 2.75) is 19.8 Å². The highest BCUT2D eigenvalue weighted by Crippen LogP contribution is 2.09. The van der Waals surface area contributed by atoms with E-state index in [0.29, 0.717) is 0 Å². The van der Waals surface area contributed by atoms with Crippen LogP contribution in [-0.4, -0.2) is 20.3 Å². The van der Waals surface area contributed by atoms with Gasteiger partial charge < -0.3 is 10.1 Å². The largest absolute Gasteiger partial charge is 0.385 e. The smallest absolute Gasteiger partial charge is 0.0479 e. The maximum absolute atomic E-state index is 4.98. The highest BCUT2D eigenvalue weighted by Gasteiger charge is 1.92. The summed E-state index contributed by atoms with van der Waals surface area (Å²) in [6.07, 6.45) is 2.15. The number of benzene rings is 1. The second kappa shape index (κ2) is 6.44. The minimum Gasteiger partial charge on any atom is -0.385 e. The monoisotopic (exact) mass is 193 g/mol. The summed E-state index contributed by atoms with van der Waals surface area (Å²) in [5.74, 6) is 0. The summed E-state index contributed by atoms with van der Waals surface area (Å²) < 4.78 is 4.98. The fraction of sp³-hybridized carbons (Fsp3) is 0.500. The van der Waals surface area contributed by atoms with Crippen LogP contribution in [0.15, 0.2) is 24.3 Å². The van der Waals surface area contributed by atoms with E-state index in [1.54, 1.807) is 7.11 Å². The van der Waals surface area contributed by atoms with Gasteiger partial charge in [0.2, 0.25) is 0 Å². The van der Waals surface area contributed by atoms with Crippen LogP contribution in [0.25, 0.3) is 0 Å². The molecule has 0 radical (unpaired) electrons. The molecule has 1 aromatic carbocycles. The predicted molar refractivity (Wildman–Crippen MR) is 60.8 cm³/mol. The number of hydrogen-bond donors (Lipinski definition) is 1. The highest BCUT2D eigenvalue weighted by atomic mass is 16.5. The molecule has 2 heteroatoms. The summed E-state index contributed by atoms with van der Waals surface area (Å²) in [6.45, 7) is 3.96. The van der Waals surface area contributed by atoms with Gasteiger partial charge in [0.15, 0.2) is 0 Å². The highest BCUT2D eigenvalue weighted by molar-refractivity contribution is 5.44. The molecule has 0 bridgehead atoms. The van der Waals surface area contributed by atoms with Crippen LogP contribution in [0, 0.1) is 0 Å². The third-order valence-corrected chi connectivity index (χ3v) is 2.22. The first-order chi connectivity index (χ1) is 6.86. The Morgan fingerprint density at radius 3 is 2.50 bits per heavy atom. The first-order valence-electron chi connectivity index (χ1n) is 5.18. The van der Waals surface area contributed by atoms with Gasteiger partial charge in [0, 0.05) is 25.9 Å². The van der Waals surface area contributed by atoms with Crippen molar-refractivity contribution in [3.63, 3.8) is 0 Å². The normalized spacial score (nSPS) is 10.1. The van der Waals surface area contributed by atoms with E-state index in [1.807, 2.05) is 0 Å². The topological polar surface area (TPSA) is 21.3 Å². The Balaban J connectivity index is 2.29. The van der Waals surface area contributed by atoms with Gasteiger partial charge in [0.25, 0.3) is 0 Å². The van der Waals surface area contributed by atoms with E-state index in [-0.39, 0.29) is 0 Å². The van der Waals surface area contributed by atoms with Crippen molar-refractivity contribution in [1.29, 1.82) is 0 Å². The van der Waals surface area contributed by atoms with Gasteiger partial charge >= 0.3 is 0 Å². The molecular weight excluding hydrogens is 174 g/mol. The minimum absolute atomic E-state index is 0.819. The number of methoxy groups -OCH3 is 1. The number of rotatable bonds is 6. The average Bonchev–Trinajstić information content (AvgIpc) is 2.25. The lowest BCUT2D eigenvalue weighted by molar-refractivity contribution is 0.198. The van der Waals surface area contributed by atoms with Crippen molar-refractivity contribution >= 4 is 5.69 Å². The zero-order chi connectivity index (χ0) is 10.2. The fourth-order valence-corrected chi connectivity index (χ4v) is 1.31. The Kier molecular flexibility index (Phi) is 5.08. The first kappa shape index (κ1) is 11.1. The van der Waals surface area contributed by atoms with Crippen molar-refractivity contribution in [3.8, 4) is 0 Å². The fourth-order valence-electron chi connectivity index (χ4n) is 1.31. The van der Waals surface area contributed by atoms with Crippen molar-refractivity contribution in [3.05, 3.63) is 29.8 Å². The van der Waals surface area contributed by atoms with Crippen LogP contribution < -0.4 is 5.32 Å². The third-order valence-electron chi connectivity index (χ3n) is 2.22. The number of hydrogen-bond acceptors (Lipinski definition) is 2. The summed E-state index contributed by atoms with van der Waals surface area (Å²) in [7, 11) is 1.73. The Morgan fingerprint density at radius 2 is 1.93 bits per heavy atom. The van der Waals surface area contributed by atoms with E-state index in [0.717, 1.165) is 26.0 Å². The van der Waals surface area contributed by atoms with Crippen molar-refractivity contribution in [2.75, 3.05) is 25.6 Å². The van der Waals surface area contributed by atoms with E-state index in [1.165, 1.54) is 11.3 Å². The Bertz CT molecular complexity index is 243. The molecule has 1 aromatic rings. The van der Waals surface area contributed by atoms with E-state index < -0.39 is 0 Å². The van der Waals surface area contributed by atoms with Crippen LogP contribution in [0.4, 0.5) is 5.69 Å². The number of anilines is 1. The summed E-state index contributed by atoms with van der Waals surface area (Å²) in [4.78, 5) is 0. The maximum Gasteiger partial charge on any atom is 0.0479 e. The summed E-state index contributed by atoms with van der Waals surface area (Å²) in [5.41, 5.74) is 2.57. The van der Waals surface area contributed by atoms with Gasteiger partial charge in [-0.25, -0.2) is 0 Å². The summed E-state index contributed by atoms with van der Waals surface area (Å²) >= 11 is 0. The van der Waals surface area contributed by atoms with Gasteiger partial charge in [-0.3, -0.25) is 0 Å². The molecule has 0 aromatic heterocycles. The molecule has 2 nitrogen and oxygen atoms in total. The molecule has 0 fully saturated rings. The molecule has 0 aliphatic heterocycles. The van der Waals surface area contributed by atoms with Crippen molar-refractivity contribution < 1.29 is 4.74 Å². The molecule has 14 heavy (non-hydrogen) atoms. The maximum atomic E-state index is 4.98. The molecule has 0 aliphatic rings. The zero-order valence-corrected chi connectivity index (χ0v) is 9.05. The Morgan fingerprint density at radius 1 is 1.21 bits per heavy atom. The lowest BCUT2D eigenvalue weighted by atomic mass is 10.1. The molecule has 1 N–H and O–H groups in total. The average molecular weight is 193 g/mol. The van der Waals surface area contributed by atoms with E-state index in [2.05, 4.69) is 36.5 Å². The Labute approximate surface area is 86.3 Å². The van der Waals surface area contributed by atoms with Gasteiger partial charge in [-0.1, -0.05) is 19.1 Å². The molecule has 1 rings (SSSR count). The first-order valence-corrected chi connectivity index (χ1v) is 5.18. The second-order valence-corrected chi connectivity index (χ2v) is 3.32. The van der Waals surface area contributed by atoms with E-state index >= 15 is 0 Å². The quantitative estimate of drug-likeness (QED) is 0.701. The van der Waals surface area contributed by atoms with Crippen LogP contribution in [0.5, 0.6) is 0 Å². The predicted octanol–water partition coefficient (Wildman–Crippen LogP) is 2.70. The molecule has 78 valence electrons. The second-order valence-electron chi connectivity index (χ2n) is 3.32. The van der Waals surface area contributed by atoms with Crippen LogP contribution in [-0.2, 0) is 11.2 Å². The van der Waals surface area contributed by atoms with Gasteiger partial charge in [-0.2, -0.15) is 0 Å². The summed E-state index contributed by atoms with van der Waals surface area (Å²) in [5, 5.41) is 3.35. The molecule has 0 unspecified atom stereocenters. The molecule has 0 amide bonds. The lowest BCUT2D eigenvalue weighted by Crippen LogP contribution is -2.04. The van der Waals surface area contributed by atoms with Crippen LogP contribution in [0.2, 0.25) is 0 Å². The summed E-state index contributed by atoms with van der Waals surface area (Å²) in [6, 6.07) is 8.59. The zero-order valence-electron chi connectivity index (χ0n) is 9.05. The molecule has 0 aliphatic carbocycles. The van der Waals surface area contributed by atoms with Crippen LogP contribution >= 0.6 is 0 Å². The standard InChI is InChI=1S/C12H19NO/c1-3-11-5-7-12(8-6-11)13-9-4-10-14-2/h5-8,13H,3-4,9-10H2,1-2H3. The molecular formula is C12H19NO. The lowest BCUT2D eigenvalue weighted by Gasteiger charge is -2.06. The van der Waals surface area contributed by atoms with E-state index in [4.69, 9.17) is 4.74 Å². The van der Waals surface area contributed by atoms with Gasteiger partial charge in [0.05, 0.1) is 0 Å². The van der Waals surface area contributed by atoms with Gasteiger partial charge in [-0.15, -0.1) is 0 Å². The number of nitrogens with one attached hydrogen (secondary N) is 1. The molecule has 0 saturated carbocycles. The number of ether oxygens (including phenoxy) is 1. The molecule has 0 atom stereocenters. The SMILES string of the molecule is CCc1ccc(NCCCOC)cc1. The van der Waals surface area contributed by atoms with Gasteiger partial charge in [0.1, 0.15) is 0 Å². The number of aryl methyl sites for hydroxylation is 1. The van der Waals surface area contributed by atoms with Crippen molar-refractivity contribution in [1.82, 2.24) is 0 Å². The van der Waals surface area contributed by atoms with Crippen molar-refractivity contribution in [2.24, 2.45) is 0 Å². The third kappa shape index (κ3) is 3.79. The van der Waals surface area contributed by atoms with Crippen LogP contribution in [0.1, 0.15) is 18.9 Å². The Hall–Kier alpha value is -1.02. The van der Waals surface area contributed by atoms with E-state index in [9.17, 15) is 0 Å².